The molecule has 0 aromatic heterocycles. The molecule has 4 fully saturated rings. The normalized spacial score (nSPS) is 51.7. The molecule has 0 amide bonds. The van der Waals surface area contributed by atoms with Crippen LogP contribution in [0, 0.1) is 17.8 Å². The van der Waals surface area contributed by atoms with Gasteiger partial charge in [-0.15, -0.1) is 0 Å². The molecule has 4 heterocycles. The molecule has 0 aromatic rings. The number of hydrogen-bond acceptors (Lipinski definition) is 4. The van der Waals surface area contributed by atoms with Crippen LogP contribution in [0.2, 0.25) is 0 Å². The van der Waals surface area contributed by atoms with Crippen molar-refractivity contribution in [1.29, 1.82) is 0 Å². The molecule has 4 rings (SSSR count). The van der Waals surface area contributed by atoms with E-state index in [9.17, 15) is 4.79 Å². The standard InChI is InChI=1S/C20H30O4/c1-11-6-5-7-12(2)17-18-14(13(3)19(21)23-18)10-16(22-17)20(4)9-8-15(11)24-20/h11-12,14-18H,3,5-10H2,1-2,4H3/t11-,12+,14-,15-,16-,17-,18+,20+/m0/s1. The fourth-order valence-electron chi connectivity index (χ4n) is 5.25. The zero-order chi connectivity index (χ0) is 17.1. The van der Waals surface area contributed by atoms with Crippen LogP contribution in [0.5, 0.6) is 0 Å². The first-order valence-electron chi connectivity index (χ1n) is 9.62. The lowest BCUT2D eigenvalue weighted by molar-refractivity contribution is -0.216. The molecular formula is C20H30O4. The zero-order valence-corrected chi connectivity index (χ0v) is 15.1. The van der Waals surface area contributed by atoms with E-state index in [1.165, 1.54) is 12.8 Å². The summed E-state index contributed by atoms with van der Waals surface area (Å²) in [4.78, 5) is 12.1. The van der Waals surface area contributed by atoms with Gasteiger partial charge in [0.25, 0.3) is 0 Å². The summed E-state index contributed by atoms with van der Waals surface area (Å²) in [6, 6.07) is 0. The third-order valence-corrected chi connectivity index (χ3v) is 7.00. The highest BCUT2D eigenvalue weighted by atomic mass is 16.6. The highest BCUT2D eigenvalue weighted by molar-refractivity contribution is 5.91. The molecule has 24 heavy (non-hydrogen) atoms. The Kier molecular flexibility index (Phi) is 4.04. The number of carbonyl (C=O) groups excluding carboxylic acids is 1. The van der Waals surface area contributed by atoms with Crippen LogP contribution in [0.1, 0.15) is 59.3 Å². The van der Waals surface area contributed by atoms with Crippen LogP contribution < -0.4 is 0 Å². The molecule has 0 saturated carbocycles. The van der Waals surface area contributed by atoms with Crippen LogP contribution in [0.15, 0.2) is 12.2 Å². The van der Waals surface area contributed by atoms with Crippen molar-refractivity contribution in [2.75, 3.05) is 0 Å². The first kappa shape index (κ1) is 16.6. The van der Waals surface area contributed by atoms with Crippen LogP contribution in [0.4, 0.5) is 0 Å². The fraction of sp³-hybridized carbons (Fsp3) is 0.850. The predicted octanol–water partition coefficient (Wildman–Crippen LogP) is 3.64. The molecule has 4 saturated heterocycles. The molecule has 0 radical (unpaired) electrons. The van der Waals surface area contributed by atoms with Gasteiger partial charge in [0.2, 0.25) is 0 Å². The second-order valence-corrected chi connectivity index (χ2v) is 8.72. The van der Waals surface area contributed by atoms with Crippen LogP contribution in [-0.4, -0.2) is 36.0 Å². The van der Waals surface area contributed by atoms with Crippen LogP contribution >= 0.6 is 0 Å². The molecule has 134 valence electrons. The summed E-state index contributed by atoms with van der Waals surface area (Å²) in [6.45, 7) is 10.8. The number of carbonyl (C=O) groups is 1. The minimum atomic E-state index is -0.252. The van der Waals surface area contributed by atoms with E-state index in [4.69, 9.17) is 14.2 Å². The summed E-state index contributed by atoms with van der Waals surface area (Å²) in [5, 5.41) is 0. The maximum Gasteiger partial charge on any atom is 0.334 e. The summed E-state index contributed by atoms with van der Waals surface area (Å²) in [6.07, 6.45) is 6.59. The molecule has 0 spiro atoms. The van der Waals surface area contributed by atoms with Gasteiger partial charge in [-0.3, -0.25) is 0 Å². The van der Waals surface area contributed by atoms with Gasteiger partial charge < -0.3 is 14.2 Å². The molecule has 8 atom stereocenters. The molecule has 0 N–H and O–H groups in total. The number of fused-ring (bicyclic) bond motifs is 7. The minimum Gasteiger partial charge on any atom is -0.456 e. The largest absolute Gasteiger partial charge is 0.456 e. The quantitative estimate of drug-likeness (QED) is 0.501. The number of esters is 1. The van der Waals surface area contributed by atoms with Gasteiger partial charge in [-0.25, -0.2) is 4.79 Å². The summed E-state index contributed by atoms with van der Waals surface area (Å²) in [5.74, 6) is 0.833. The highest BCUT2D eigenvalue weighted by Gasteiger charge is 2.55. The highest BCUT2D eigenvalue weighted by Crippen LogP contribution is 2.48. The van der Waals surface area contributed by atoms with Crippen molar-refractivity contribution in [3.63, 3.8) is 0 Å². The lowest BCUT2D eigenvalue weighted by Gasteiger charge is -2.45. The Bertz CT molecular complexity index is 544. The average Bonchev–Trinajstić information content (AvgIpc) is 3.08. The molecule has 0 unspecified atom stereocenters. The van der Waals surface area contributed by atoms with Gasteiger partial charge in [0.1, 0.15) is 6.10 Å². The van der Waals surface area contributed by atoms with Gasteiger partial charge in [-0.2, -0.15) is 0 Å². The molecule has 4 aliphatic heterocycles. The smallest absolute Gasteiger partial charge is 0.334 e. The number of ether oxygens (including phenoxy) is 3. The van der Waals surface area contributed by atoms with Crippen molar-refractivity contribution >= 4 is 5.97 Å². The lowest BCUT2D eigenvalue weighted by Crippen LogP contribution is -2.54. The SMILES string of the molecule is C=C1C(=O)O[C@H]2[C@H]3O[C@@H](C[C@@H]12)[C@@]1(C)CC[C@H](O1)[C@@H](C)CCC[C@H]3C. The summed E-state index contributed by atoms with van der Waals surface area (Å²) in [5.41, 5.74) is 0.380. The Morgan fingerprint density at radius 1 is 1.12 bits per heavy atom. The van der Waals surface area contributed by atoms with E-state index in [1.54, 1.807) is 0 Å². The van der Waals surface area contributed by atoms with Gasteiger partial charge in [-0.1, -0.05) is 26.8 Å². The Labute approximate surface area is 144 Å². The van der Waals surface area contributed by atoms with E-state index in [0.717, 1.165) is 25.7 Å². The topological polar surface area (TPSA) is 44.8 Å². The van der Waals surface area contributed by atoms with Crippen molar-refractivity contribution in [2.24, 2.45) is 17.8 Å². The summed E-state index contributed by atoms with van der Waals surface area (Å²) < 4.78 is 18.8. The maximum atomic E-state index is 12.1. The second kappa shape index (κ2) is 5.84. The average molecular weight is 334 g/mol. The molecule has 0 aromatic carbocycles. The number of hydrogen-bond donors (Lipinski definition) is 0. The van der Waals surface area contributed by atoms with E-state index in [-0.39, 0.29) is 35.8 Å². The first-order chi connectivity index (χ1) is 11.4. The van der Waals surface area contributed by atoms with E-state index in [1.807, 2.05) is 0 Å². The molecule has 4 nitrogen and oxygen atoms in total. The van der Waals surface area contributed by atoms with Gasteiger partial charge in [-0.05, 0) is 50.9 Å². The summed E-state index contributed by atoms with van der Waals surface area (Å²) in [7, 11) is 0. The third kappa shape index (κ3) is 2.53. The van der Waals surface area contributed by atoms with Crippen LogP contribution in [-0.2, 0) is 19.0 Å². The molecule has 0 aliphatic carbocycles. The van der Waals surface area contributed by atoms with Gasteiger partial charge in [0.15, 0.2) is 0 Å². The van der Waals surface area contributed by atoms with Crippen LogP contribution in [0.3, 0.4) is 0 Å². The van der Waals surface area contributed by atoms with Crippen molar-refractivity contribution in [2.45, 2.75) is 89.3 Å². The first-order valence-corrected chi connectivity index (χ1v) is 9.62. The van der Waals surface area contributed by atoms with Gasteiger partial charge in [0, 0.05) is 11.5 Å². The lowest BCUT2D eigenvalue weighted by atomic mass is 9.76. The Hall–Kier alpha value is -0.870. The van der Waals surface area contributed by atoms with Crippen LogP contribution in [0.25, 0.3) is 0 Å². The maximum absolute atomic E-state index is 12.1. The second-order valence-electron chi connectivity index (χ2n) is 8.72. The Morgan fingerprint density at radius 2 is 1.88 bits per heavy atom. The molecular weight excluding hydrogens is 304 g/mol. The van der Waals surface area contributed by atoms with Crippen molar-refractivity contribution in [3.8, 4) is 0 Å². The Morgan fingerprint density at radius 3 is 2.67 bits per heavy atom. The molecule has 4 aliphatic rings. The minimum absolute atomic E-state index is 0.0211. The van der Waals surface area contributed by atoms with Crippen molar-refractivity contribution in [3.05, 3.63) is 12.2 Å². The summed E-state index contributed by atoms with van der Waals surface area (Å²) >= 11 is 0. The monoisotopic (exact) mass is 334 g/mol. The third-order valence-electron chi connectivity index (χ3n) is 7.00. The van der Waals surface area contributed by atoms with E-state index >= 15 is 0 Å². The van der Waals surface area contributed by atoms with Crippen molar-refractivity contribution in [1.82, 2.24) is 0 Å². The molecule has 4 bridgehead atoms. The van der Waals surface area contributed by atoms with E-state index in [0.29, 0.717) is 23.5 Å². The Balaban J connectivity index is 1.67. The fourth-order valence-corrected chi connectivity index (χ4v) is 5.25. The van der Waals surface area contributed by atoms with E-state index in [2.05, 4.69) is 27.4 Å². The van der Waals surface area contributed by atoms with E-state index < -0.39 is 0 Å². The molecule has 4 heteroatoms. The predicted molar refractivity (Wildman–Crippen MR) is 90.5 cm³/mol. The van der Waals surface area contributed by atoms with Gasteiger partial charge in [0.05, 0.1) is 23.9 Å². The zero-order valence-electron chi connectivity index (χ0n) is 15.1. The number of rotatable bonds is 0. The van der Waals surface area contributed by atoms with Crippen molar-refractivity contribution < 1.29 is 19.0 Å². The van der Waals surface area contributed by atoms with Gasteiger partial charge >= 0.3 is 5.97 Å².